The van der Waals surface area contributed by atoms with Crippen LogP contribution in [0.2, 0.25) is 0 Å². The van der Waals surface area contributed by atoms with Gasteiger partial charge in [0.2, 0.25) is 0 Å². The number of para-hydroxylation sites is 1. The number of hydrogen-bond acceptors (Lipinski definition) is 3. The average Bonchev–Trinajstić information content (AvgIpc) is 2.46. The third-order valence-corrected chi connectivity index (χ3v) is 3.14. The van der Waals surface area contributed by atoms with Gasteiger partial charge in [-0.15, -0.1) is 0 Å². The Morgan fingerprint density at radius 3 is 2.15 bits per heavy atom. The molecule has 2 rings (SSSR count). The van der Waals surface area contributed by atoms with E-state index in [9.17, 15) is 10.1 Å². The topological polar surface area (TPSA) is 49.6 Å². The van der Waals surface area contributed by atoms with Gasteiger partial charge in [0, 0.05) is 19.7 Å². The molecule has 0 spiro atoms. The van der Waals surface area contributed by atoms with E-state index in [1.165, 1.54) is 7.05 Å². The summed E-state index contributed by atoms with van der Waals surface area (Å²) < 4.78 is 0. The van der Waals surface area contributed by atoms with Gasteiger partial charge in [0.1, 0.15) is 5.69 Å². The van der Waals surface area contributed by atoms with Crippen molar-refractivity contribution >= 4 is 11.4 Å². The maximum absolute atomic E-state index is 11.0. The fraction of sp³-hybridized carbons (Fsp3) is 0.200. The van der Waals surface area contributed by atoms with Crippen LogP contribution in [-0.4, -0.2) is 26.2 Å². The number of nitrogens with zero attached hydrogens (tertiary/aromatic N) is 3. The van der Waals surface area contributed by atoms with Crippen LogP contribution in [0.3, 0.4) is 0 Å². The van der Waals surface area contributed by atoms with Crippen LogP contribution >= 0.6 is 0 Å². The quantitative estimate of drug-likeness (QED) is 0.633. The summed E-state index contributed by atoms with van der Waals surface area (Å²) in [5, 5.41) is 11.7. The molecule has 0 aliphatic heterocycles. The Morgan fingerprint density at radius 2 is 1.60 bits per heavy atom. The molecule has 0 atom stereocenters. The van der Waals surface area contributed by atoms with E-state index in [-0.39, 0.29) is 0 Å². The van der Waals surface area contributed by atoms with Crippen LogP contribution in [0.4, 0.5) is 11.4 Å². The van der Waals surface area contributed by atoms with Crippen molar-refractivity contribution in [3.8, 4) is 11.1 Å². The van der Waals surface area contributed by atoms with Crippen LogP contribution in [0.15, 0.2) is 48.5 Å². The highest BCUT2D eigenvalue weighted by Crippen LogP contribution is 2.37. The highest BCUT2D eigenvalue weighted by Gasteiger charge is 2.20. The normalized spacial score (nSPS) is 10.2. The maximum Gasteiger partial charge on any atom is 0.164 e. The summed E-state index contributed by atoms with van der Waals surface area (Å²) in [6.45, 7) is 0. The van der Waals surface area contributed by atoms with Crippen molar-refractivity contribution in [3.63, 3.8) is 0 Å². The Hall–Kier alpha value is -2.56. The average molecular weight is 271 g/mol. The minimum absolute atomic E-state index is 0.420. The van der Waals surface area contributed by atoms with E-state index in [0.29, 0.717) is 5.69 Å². The SMILES string of the molecule is CN(C)c1c(-c2ccccc2)cccc1N(C)[N+](=O)[O-]. The predicted molar refractivity (Wildman–Crippen MR) is 81.6 cm³/mol. The summed E-state index contributed by atoms with van der Waals surface area (Å²) in [4.78, 5) is 12.9. The number of hydrogen-bond donors (Lipinski definition) is 0. The molecule has 0 unspecified atom stereocenters. The smallest absolute Gasteiger partial charge is 0.164 e. The monoisotopic (exact) mass is 271 g/mol. The molecule has 0 aliphatic rings. The lowest BCUT2D eigenvalue weighted by molar-refractivity contribution is -0.490. The molecule has 0 aliphatic carbocycles. The molecule has 0 radical (unpaired) electrons. The molecule has 2 aromatic rings. The van der Waals surface area contributed by atoms with Crippen LogP contribution in [0, 0.1) is 10.1 Å². The fourth-order valence-electron chi connectivity index (χ4n) is 2.20. The van der Waals surface area contributed by atoms with Gasteiger partial charge >= 0.3 is 0 Å². The Kier molecular flexibility index (Phi) is 3.89. The highest BCUT2D eigenvalue weighted by atomic mass is 16.7. The molecule has 0 aromatic heterocycles. The van der Waals surface area contributed by atoms with E-state index in [1.54, 1.807) is 6.07 Å². The van der Waals surface area contributed by atoms with Gasteiger partial charge in [-0.25, -0.2) is 10.1 Å². The second-order valence-corrected chi connectivity index (χ2v) is 4.70. The molecular weight excluding hydrogens is 254 g/mol. The fourth-order valence-corrected chi connectivity index (χ4v) is 2.20. The van der Waals surface area contributed by atoms with Crippen molar-refractivity contribution in [2.24, 2.45) is 0 Å². The zero-order valence-corrected chi connectivity index (χ0v) is 11.8. The molecule has 0 saturated heterocycles. The van der Waals surface area contributed by atoms with E-state index in [0.717, 1.165) is 21.8 Å². The van der Waals surface area contributed by atoms with Crippen LogP contribution in [0.1, 0.15) is 0 Å². The predicted octanol–water partition coefficient (Wildman–Crippen LogP) is 3.05. The standard InChI is InChI=1S/C15H17N3O2/c1-16(2)15-13(12-8-5-4-6-9-12)10-7-11-14(15)17(3)18(19)20/h4-11H,1-3H3. The first-order chi connectivity index (χ1) is 9.52. The van der Waals surface area contributed by atoms with Crippen molar-refractivity contribution in [2.75, 3.05) is 31.1 Å². The van der Waals surface area contributed by atoms with Crippen molar-refractivity contribution in [1.29, 1.82) is 0 Å². The van der Waals surface area contributed by atoms with Crippen molar-refractivity contribution in [3.05, 3.63) is 58.6 Å². The van der Waals surface area contributed by atoms with Gasteiger partial charge in [0.15, 0.2) is 5.03 Å². The molecule has 0 N–H and O–H groups in total. The van der Waals surface area contributed by atoms with Gasteiger partial charge in [-0.1, -0.05) is 47.5 Å². The summed E-state index contributed by atoms with van der Waals surface area (Å²) in [6, 6.07) is 15.4. The molecule has 0 saturated carbocycles. The van der Waals surface area contributed by atoms with E-state index >= 15 is 0 Å². The Balaban J connectivity index is 2.65. The largest absolute Gasteiger partial charge is 0.375 e. The maximum atomic E-state index is 11.0. The molecule has 20 heavy (non-hydrogen) atoms. The Morgan fingerprint density at radius 1 is 0.950 bits per heavy atom. The van der Waals surface area contributed by atoms with Crippen LogP contribution < -0.4 is 9.91 Å². The Labute approximate surface area is 118 Å². The van der Waals surface area contributed by atoms with Gasteiger partial charge in [-0.2, -0.15) is 0 Å². The highest BCUT2D eigenvalue weighted by molar-refractivity contribution is 5.87. The second-order valence-electron chi connectivity index (χ2n) is 4.70. The molecule has 104 valence electrons. The lowest BCUT2D eigenvalue weighted by Crippen LogP contribution is -2.27. The molecule has 0 amide bonds. The molecule has 0 bridgehead atoms. The van der Waals surface area contributed by atoms with Gasteiger partial charge < -0.3 is 4.90 Å². The van der Waals surface area contributed by atoms with Crippen LogP contribution in [0.5, 0.6) is 0 Å². The summed E-state index contributed by atoms with van der Waals surface area (Å²) in [7, 11) is 5.23. The zero-order chi connectivity index (χ0) is 14.7. The van der Waals surface area contributed by atoms with Crippen molar-refractivity contribution < 1.29 is 5.03 Å². The van der Waals surface area contributed by atoms with Crippen LogP contribution in [-0.2, 0) is 0 Å². The first-order valence-corrected chi connectivity index (χ1v) is 6.26. The van der Waals surface area contributed by atoms with E-state index in [2.05, 4.69) is 0 Å². The van der Waals surface area contributed by atoms with Crippen LogP contribution in [0.25, 0.3) is 11.1 Å². The lowest BCUT2D eigenvalue weighted by Gasteiger charge is -2.23. The minimum atomic E-state index is -0.420. The molecule has 5 heteroatoms. The molecule has 0 fully saturated rings. The third-order valence-electron chi connectivity index (χ3n) is 3.14. The Bertz CT molecular complexity index is 612. The number of rotatable bonds is 4. The summed E-state index contributed by atoms with van der Waals surface area (Å²) in [6.07, 6.45) is 0. The molecule has 0 heterocycles. The number of benzene rings is 2. The third kappa shape index (κ3) is 2.56. The first-order valence-electron chi connectivity index (χ1n) is 6.26. The number of anilines is 2. The number of hydrazine groups is 1. The van der Waals surface area contributed by atoms with Gasteiger partial charge in [-0.3, -0.25) is 0 Å². The zero-order valence-electron chi connectivity index (χ0n) is 11.8. The minimum Gasteiger partial charge on any atom is -0.375 e. The van der Waals surface area contributed by atoms with E-state index in [4.69, 9.17) is 0 Å². The first kappa shape index (κ1) is 13.9. The summed E-state index contributed by atoms with van der Waals surface area (Å²) >= 11 is 0. The number of nitro groups is 1. The molecular formula is C15H17N3O2. The van der Waals surface area contributed by atoms with Gasteiger partial charge in [0.05, 0.1) is 12.7 Å². The molecule has 5 nitrogen and oxygen atoms in total. The van der Waals surface area contributed by atoms with Crippen molar-refractivity contribution in [1.82, 2.24) is 0 Å². The van der Waals surface area contributed by atoms with E-state index in [1.807, 2.05) is 61.5 Å². The summed E-state index contributed by atoms with van der Waals surface area (Å²) in [5.41, 5.74) is 3.41. The molecule has 2 aromatic carbocycles. The van der Waals surface area contributed by atoms with Gasteiger partial charge in [0.25, 0.3) is 0 Å². The van der Waals surface area contributed by atoms with Gasteiger partial charge in [-0.05, 0) is 11.6 Å². The van der Waals surface area contributed by atoms with Crippen molar-refractivity contribution in [2.45, 2.75) is 0 Å². The lowest BCUT2D eigenvalue weighted by atomic mass is 10.0. The second kappa shape index (κ2) is 5.61. The summed E-state index contributed by atoms with van der Waals surface area (Å²) in [5.74, 6) is 0. The van der Waals surface area contributed by atoms with E-state index < -0.39 is 5.03 Å².